The first-order chi connectivity index (χ1) is 5.61. The van der Waals surface area contributed by atoms with Crippen molar-refractivity contribution in [3.05, 3.63) is 0 Å². The fourth-order valence-electron chi connectivity index (χ4n) is 0.892. The summed E-state index contributed by atoms with van der Waals surface area (Å²) in [6, 6.07) is -0.265. The molecule has 0 fully saturated rings. The van der Waals surface area contributed by atoms with Gasteiger partial charge in [-0.3, -0.25) is 0 Å². The molecule has 0 aromatic rings. The summed E-state index contributed by atoms with van der Waals surface area (Å²) in [5.41, 5.74) is 5.63. The van der Waals surface area contributed by atoms with Gasteiger partial charge in [0.25, 0.3) is 0 Å². The normalized spacial score (nSPS) is 12.3. The molecule has 0 saturated carbocycles. The Balaban J connectivity index is 3.67. The third kappa shape index (κ3) is 4.15. The second-order valence-electron chi connectivity index (χ2n) is 2.65. The predicted molar refractivity (Wildman–Crippen MR) is 46.9 cm³/mol. The topological polar surface area (TPSA) is 67.6 Å². The van der Waals surface area contributed by atoms with Gasteiger partial charge in [-0.1, -0.05) is 0 Å². The van der Waals surface area contributed by atoms with Crippen LogP contribution in [0.4, 0.5) is 4.79 Å². The smallest absolute Gasteiger partial charge is 0.316 e. The molecule has 0 aromatic carbocycles. The van der Waals surface area contributed by atoms with Crippen LogP contribution in [-0.2, 0) is 4.74 Å². The number of hydrogen-bond acceptors (Lipinski definition) is 3. The summed E-state index contributed by atoms with van der Waals surface area (Å²) >= 11 is 0. The van der Waals surface area contributed by atoms with Crippen LogP contribution in [0.3, 0.4) is 0 Å². The van der Waals surface area contributed by atoms with Gasteiger partial charge in [-0.05, 0) is 0 Å². The summed E-state index contributed by atoms with van der Waals surface area (Å²) in [4.78, 5) is 12.5. The highest BCUT2D eigenvalue weighted by Crippen LogP contribution is 1.87. The molecule has 0 saturated heterocycles. The number of methoxy groups -OCH3 is 1. The molecule has 72 valence electrons. The fourth-order valence-corrected chi connectivity index (χ4v) is 0.892. The average molecular weight is 175 g/mol. The Bertz CT molecular complexity index is 141. The van der Waals surface area contributed by atoms with Gasteiger partial charge in [0.05, 0.1) is 6.61 Å². The van der Waals surface area contributed by atoms with E-state index in [1.165, 1.54) is 4.90 Å². The number of nitrogens with two attached hydrogens (primary N) is 1. The molecule has 0 heterocycles. The van der Waals surface area contributed by atoms with Crippen LogP contribution in [0.1, 0.15) is 0 Å². The largest absolute Gasteiger partial charge is 0.383 e. The Morgan fingerprint density at radius 1 is 1.75 bits per heavy atom. The van der Waals surface area contributed by atoms with E-state index in [0.29, 0.717) is 13.2 Å². The highest BCUT2D eigenvalue weighted by molar-refractivity contribution is 5.73. The highest BCUT2D eigenvalue weighted by atomic mass is 16.5. The summed E-state index contributed by atoms with van der Waals surface area (Å²) in [6.07, 6.45) is 0. The minimum absolute atomic E-state index is 0.128. The van der Waals surface area contributed by atoms with Crippen LogP contribution in [-0.4, -0.2) is 51.3 Å². The summed E-state index contributed by atoms with van der Waals surface area (Å²) in [7, 11) is 4.86. The molecule has 0 spiro atoms. The van der Waals surface area contributed by atoms with Gasteiger partial charge in [0.1, 0.15) is 0 Å². The Kier molecular flexibility index (Phi) is 5.40. The number of rotatable bonds is 4. The van der Waals surface area contributed by atoms with Gasteiger partial charge in [-0.2, -0.15) is 0 Å². The van der Waals surface area contributed by atoms with E-state index in [9.17, 15) is 4.79 Å². The lowest BCUT2D eigenvalue weighted by molar-refractivity contribution is 0.161. The second-order valence-corrected chi connectivity index (χ2v) is 2.65. The zero-order valence-corrected chi connectivity index (χ0v) is 7.83. The average Bonchev–Trinajstić information content (AvgIpc) is 2.03. The maximum absolute atomic E-state index is 11.0. The lowest BCUT2D eigenvalue weighted by atomic mass is 10.3. The summed E-state index contributed by atoms with van der Waals surface area (Å²) < 4.78 is 4.83. The van der Waals surface area contributed by atoms with Crippen molar-refractivity contribution in [1.29, 1.82) is 0 Å². The van der Waals surface area contributed by atoms with Crippen molar-refractivity contribution >= 4 is 6.03 Å². The van der Waals surface area contributed by atoms with E-state index in [1.54, 1.807) is 21.2 Å². The number of likely N-dealkylation sites (N-methyl/N-ethyl adjacent to an activating group) is 1. The SMILES string of the molecule is CNC(=O)N(C)CC(N)COC. The zero-order chi connectivity index (χ0) is 9.56. The number of hydrogen-bond donors (Lipinski definition) is 2. The molecule has 0 aliphatic carbocycles. The number of carbonyl (C=O) groups excluding carboxylic acids is 1. The van der Waals surface area contributed by atoms with Gasteiger partial charge in [0.15, 0.2) is 0 Å². The van der Waals surface area contributed by atoms with E-state index in [-0.39, 0.29) is 12.1 Å². The minimum Gasteiger partial charge on any atom is -0.383 e. The van der Waals surface area contributed by atoms with E-state index in [1.807, 2.05) is 0 Å². The Morgan fingerprint density at radius 3 is 2.75 bits per heavy atom. The quantitative estimate of drug-likeness (QED) is 0.589. The molecule has 0 rings (SSSR count). The molecule has 5 nitrogen and oxygen atoms in total. The summed E-state index contributed by atoms with van der Waals surface area (Å²) in [5.74, 6) is 0. The number of amides is 2. The van der Waals surface area contributed by atoms with Crippen LogP contribution in [0.15, 0.2) is 0 Å². The second kappa shape index (κ2) is 5.79. The van der Waals surface area contributed by atoms with Gasteiger partial charge < -0.3 is 20.7 Å². The van der Waals surface area contributed by atoms with Gasteiger partial charge in [0, 0.05) is 33.8 Å². The van der Waals surface area contributed by atoms with Crippen molar-refractivity contribution in [3.8, 4) is 0 Å². The van der Waals surface area contributed by atoms with Crippen molar-refractivity contribution in [2.75, 3.05) is 34.4 Å². The molecule has 0 aliphatic heterocycles. The van der Waals surface area contributed by atoms with E-state index in [2.05, 4.69) is 5.32 Å². The number of ether oxygens (including phenoxy) is 1. The van der Waals surface area contributed by atoms with Gasteiger partial charge >= 0.3 is 6.03 Å². The summed E-state index contributed by atoms with van der Waals surface area (Å²) in [5, 5.41) is 2.50. The van der Waals surface area contributed by atoms with Gasteiger partial charge in [-0.25, -0.2) is 4.79 Å². The third-order valence-corrected chi connectivity index (χ3v) is 1.45. The molecule has 1 unspecified atom stereocenters. The van der Waals surface area contributed by atoms with E-state index >= 15 is 0 Å². The van der Waals surface area contributed by atoms with Crippen molar-refractivity contribution in [2.45, 2.75) is 6.04 Å². The zero-order valence-electron chi connectivity index (χ0n) is 7.83. The van der Waals surface area contributed by atoms with E-state index in [0.717, 1.165) is 0 Å². The van der Waals surface area contributed by atoms with Gasteiger partial charge in [-0.15, -0.1) is 0 Å². The number of urea groups is 1. The molecule has 5 heteroatoms. The molecule has 0 aromatic heterocycles. The lowest BCUT2D eigenvalue weighted by Crippen LogP contribution is -2.44. The molecule has 1 atom stereocenters. The first-order valence-electron chi connectivity index (χ1n) is 3.79. The predicted octanol–water partition coefficient (Wildman–Crippen LogP) is -0.769. The molecule has 0 aliphatic rings. The fraction of sp³-hybridized carbons (Fsp3) is 0.857. The maximum atomic E-state index is 11.0. The van der Waals surface area contributed by atoms with Crippen LogP contribution >= 0.6 is 0 Å². The Labute approximate surface area is 72.9 Å². The van der Waals surface area contributed by atoms with Crippen LogP contribution in [0.5, 0.6) is 0 Å². The molecule has 3 N–H and O–H groups in total. The van der Waals surface area contributed by atoms with Crippen molar-refractivity contribution < 1.29 is 9.53 Å². The van der Waals surface area contributed by atoms with E-state index < -0.39 is 0 Å². The van der Waals surface area contributed by atoms with Gasteiger partial charge in [0.2, 0.25) is 0 Å². The van der Waals surface area contributed by atoms with Crippen LogP contribution in [0.25, 0.3) is 0 Å². The van der Waals surface area contributed by atoms with Crippen molar-refractivity contribution in [3.63, 3.8) is 0 Å². The molecular formula is C7H17N3O2. The number of nitrogens with one attached hydrogen (secondary N) is 1. The van der Waals surface area contributed by atoms with Crippen LogP contribution in [0, 0.1) is 0 Å². The third-order valence-electron chi connectivity index (χ3n) is 1.45. The molecule has 0 bridgehead atoms. The number of nitrogens with zero attached hydrogens (tertiary/aromatic N) is 1. The van der Waals surface area contributed by atoms with Crippen molar-refractivity contribution in [1.82, 2.24) is 10.2 Å². The Hall–Kier alpha value is -0.810. The molecule has 12 heavy (non-hydrogen) atoms. The van der Waals surface area contributed by atoms with Crippen LogP contribution < -0.4 is 11.1 Å². The minimum atomic E-state index is -0.137. The van der Waals surface area contributed by atoms with Crippen LogP contribution in [0.2, 0.25) is 0 Å². The van der Waals surface area contributed by atoms with Crippen molar-refractivity contribution in [2.24, 2.45) is 5.73 Å². The standard InChI is InChI=1S/C7H17N3O2/c1-9-7(11)10(2)4-6(8)5-12-3/h6H,4-5,8H2,1-3H3,(H,9,11). The highest BCUT2D eigenvalue weighted by Gasteiger charge is 2.10. The molecule has 0 radical (unpaired) electrons. The first kappa shape index (κ1) is 11.2. The molecular weight excluding hydrogens is 158 g/mol. The van der Waals surface area contributed by atoms with E-state index in [4.69, 9.17) is 10.5 Å². The lowest BCUT2D eigenvalue weighted by Gasteiger charge is -2.20. The monoisotopic (exact) mass is 175 g/mol. The Morgan fingerprint density at radius 2 is 2.33 bits per heavy atom. The molecule has 2 amide bonds. The first-order valence-corrected chi connectivity index (χ1v) is 3.79. The number of carbonyl (C=O) groups is 1. The maximum Gasteiger partial charge on any atom is 0.316 e. The summed E-state index contributed by atoms with van der Waals surface area (Å²) in [6.45, 7) is 0.953.